The van der Waals surface area contributed by atoms with Crippen LogP contribution in [0.5, 0.6) is 5.75 Å². The third-order valence-electron chi connectivity index (χ3n) is 4.55. The largest absolute Gasteiger partial charge is 0.494 e. The second-order valence-electron chi connectivity index (χ2n) is 6.29. The first kappa shape index (κ1) is 19.0. The minimum absolute atomic E-state index is 0.683. The van der Waals surface area contributed by atoms with E-state index in [2.05, 4.69) is 22.5 Å². The fourth-order valence-corrected chi connectivity index (χ4v) is 3.50. The first-order valence-corrected chi connectivity index (χ1v) is 9.65. The SMILES string of the molecule is CCOc1ccc(NC(=S)NCCCN2CCCC[C@H]2CC)cc1. The molecule has 0 aliphatic carbocycles. The second kappa shape index (κ2) is 10.5. The molecule has 1 saturated heterocycles. The number of benzene rings is 1. The Morgan fingerprint density at radius 3 is 2.75 bits per heavy atom. The lowest BCUT2D eigenvalue weighted by atomic mass is 10.00. The van der Waals surface area contributed by atoms with Crippen LogP contribution in [0, 0.1) is 0 Å². The van der Waals surface area contributed by atoms with E-state index in [4.69, 9.17) is 17.0 Å². The van der Waals surface area contributed by atoms with Gasteiger partial charge >= 0.3 is 0 Å². The molecule has 5 heteroatoms. The molecule has 0 spiro atoms. The van der Waals surface area contributed by atoms with Crippen LogP contribution in [-0.4, -0.2) is 42.3 Å². The van der Waals surface area contributed by atoms with Gasteiger partial charge in [-0.2, -0.15) is 0 Å². The van der Waals surface area contributed by atoms with Crippen LogP contribution < -0.4 is 15.4 Å². The van der Waals surface area contributed by atoms with Gasteiger partial charge in [0.2, 0.25) is 0 Å². The van der Waals surface area contributed by atoms with E-state index in [9.17, 15) is 0 Å². The molecule has 2 N–H and O–H groups in total. The number of anilines is 1. The van der Waals surface area contributed by atoms with Crippen LogP contribution in [0.1, 0.15) is 46.0 Å². The summed E-state index contributed by atoms with van der Waals surface area (Å²) in [5, 5.41) is 7.21. The van der Waals surface area contributed by atoms with Crippen LogP contribution in [0.25, 0.3) is 0 Å². The molecule has 0 radical (unpaired) electrons. The van der Waals surface area contributed by atoms with Crippen molar-refractivity contribution >= 4 is 23.0 Å². The van der Waals surface area contributed by atoms with E-state index in [1.807, 2.05) is 31.2 Å². The molecular weight excluding hydrogens is 318 g/mol. The van der Waals surface area contributed by atoms with Gasteiger partial charge in [-0.15, -0.1) is 0 Å². The van der Waals surface area contributed by atoms with Gasteiger partial charge in [0.15, 0.2) is 5.11 Å². The molecule has 0 unspecified atom stereocenters. The zero-order valence-electron chi connectivity index (χ0n) is 15.0. The van der Waals surface area contributed by atoms with Gasteiger partial charge in [-0.25, -0.2) is 0 Å². The first-order chi connectivity index (χ1) is 11.7. The smallest absolute Gasteiger partial charge is 0.170 e. The molecule has 134 valence electrons. The average Bonchev–Trinajstić information content (AvgIpc) is 2.61. The predicted molar refractivity (Wildman–Crippen MR) is 106 cm³/mol. The summed E-state index contributed by atoms with van der Waals surface area (Å²) in [6, 6.07) is 8.66. The fourth-order valence-electron chi connectivity index (χ4n) is 3.28. The number of likely N-dealkylation sites (tertiary alicyclic amines) is 1. The maximum absolute atomic E-state index is 5.44. The molecule has 0 bridgehead atoms. The van der Waals surface area contributed by atoms with Crippen molar-refractivity contribution in [3.05, 3.63) is 24.3 Å². The average molecular weight is 350 g/mol. The normalized spacial score (nSPS) is 18.2. The quantitative estimate of drug-likeness (QED) is 0.547. The molecule has 1 aliphatic heterocycles. The Kier molecular flexibility index (Phi) is 8.33. The molecule has 1 heterocycles. The maximum Gasteiger partial charge on any atom is 0.170 e. The number of thiocarbonyl (C=S) groups is 1. The molecular formula is C19H31N3OS. The molecule has 4 nitrogen and oxygen atoms in total. The summed E-state index contributed by atoms with van der Waals surface area (Å²) in [6.07, 6.45) is 6.50. The number of nitrogens with zero attached hydrogens (tertiary/aromatic N) is 1. The summed E-state index contributed by atoms with van der Waals surface area (Å²) >= 11 is 5.37. The number of hydrogen-bond acceptors (Lipinski definition) is 3. The van der Waals surface area contributed by atoms with E-state index in [-0.39, 0.29) is 0 Å². The fraction of sp³-hybridized carbons (Fsp3) is 0.632. The molecule has 1 aromatic carbocycles. The Hall–Kier alpha value is -1.33. The first-order valence-electron chi connectivity index (χ1n) is 9.24. The van der Waals surface area contributed by atoms with Crippen molar-refractivity contribution in [3.63, 3.8) is 0 Å². The Morgan fingerprint density at radius 2 is 2.04 bits per heavy atom. The highest BCUT2D eigenvalue weighted by molar-refractivity contribution is 7.80. The third-order valence-corrected chi connectivity index (χ3v) is 4.80. The van der Waals surface area contributed by atoms with Crippen molar-refractivity contribution in [3.8, 4) is 5.75 Å². The van der Waals surface area contributed by atoms with Crippen molar-refractivity contribution in [1.82, 2.24) is 10.2 Å². The molecule has 24 heavy (non-hydrogen) atoms. The standard InChI is InChI=1S/C19H31N3OS/c1-3-17-8-5-6-14-22(17)15-7-13-20-19(24)21-16-9-11-18(12-10-16)23-4-2/h9-12,17H,3-8,13-15H2,1-2H3,(H2,20,21,24)/t17-/m1/s1. The zero-order valence-corrected chi connectivity index (χ0v) is 15.8. The Bertz CT molecular complexity index is 492. The van der Waals surface area contributed by atoms with Gasteiger partial charge in [-0.05, 0) is 75.6 Å². The number of hydrogen-bond donors (Lipinski definition) is 2. The maximum atomic E-state index is 5.44. The highest BCUT2D eigenvalue weighted by atomic mass is 32.1. The molecule has 0 amide bonds. The van der Waals surface area contributed by atoms with Crippen molar-refractivity contribution in [2.24, 2.45) is 0 Å². The summed E-state index contributed by atoms with van der Waals surface area (Å²) in [4.78, 5) is 2.65. The van der Waals surface area contributed by atoms with E-state index >= 15 is 0 Å². The number of ether oxygens (including phenoxy) is 1. The lowest BCUT2D eigenvalue weighted by Gasteiger charge is -2.35. The van der Waals surface area contributed by atoms with Crippen LogP contribution in [0.2, 0.25) is 0 Å². The van der Waals surface area contributed by atoms with E-state index in [0.29, 0.717) is 11.7 Å². The van der Waals surface area contributed by atoms with E-state index < -0.39 is 0 Å². The molecule has 0 saturated carbocycles. The number of nitrogens with one attached hydrogen (secondary N) is 2. The Morgan fingerprint density at radius 1 is 1.25 bits per heavy atom. The molecule has 0 aromatic heterocycles. The van der Waals surface area contributed by atoms with Gasteiger partial charge in [-0.1, -0.05) is 13.3 Å². The van der Waals surface area contributed by atoms with Gasteiger partial charge in [0.05, 0.1) is 6.61 Å². The summed E-state index contributed by atoms with van der Waals surface area (Å²) in [7, 11) is 0. The molecule has 1 atom stereocenters. The number of piperidine rings is 1. The van der Waals surface area contributed by atoms with Gasteiger partial charge in [-0.3, -0.25) is 0 Å². The van der Waals surface area contributed by atoms with E-state index in [1.165, 1.54) is 32.2 Å². The van der Waals surface area contributed by atoms with Crippen molar-refractivity contribution in [2.45, 2.75) is 52.0 Å². The van der Waals surface area contributed by atoms with Crippen molar-refractivity contribution < 1.29 is 4.74 Å². The summed E-state index contributed by atoms with van der Waals surface area (Å²) in [5.41, 5.74) is 0.984. The highest BCUT2D eigenvalue weighted by Crippen LogP contribution is 2.19. The van der Waals surface area contributed by atoms with Crippen molar-refractivity contribution in [2.75, 3.05) is 31.6 Å². The van der Waals surface area contributed by atoms with Crippen LogP contribution in [0.4, 0.5) is 5.69 Å². The van der Waals surface area contributed by atoms with Gasteiger partial charge in [0.1, 0.15) is 5.75 Å². The lowest BCUT2D eigenvalue weighted by molar-refractivity contribution is 0.143. The highest BCUT2D eigenvalue weighted by Gasteiger charge is 2.19. The van der Waals surface area contributed by atoms with E-state index in [1.54, 1.807) is 0 Å². The summed E-state index contributed by atoms with van der Waals surface area (Å²) in [6.45, 7) is 8.30. The van der Waals surface area contributed by atoms with Gasteiger partial charge in [0, 0.05) is 24.8 Å². The van der Waals surface area contributed by atoms with Gasteiger partial charge < -0.3 is 20.3 Å². The molecule has 1 fully saturated rings. The Balaban J connectivity index is 1.64. The Labute approximate surface area is 152 Å². The van der Waals surface area contributed by atoms with Gasteiger partial charge in [0.25, 0.3) is 0 Å². The van der Waals surface area contributed by atoms with E-state index in [0.717, 1.165) is 37.0 Å². The summed E-state index contributed by atoms with van der Waals surface area (Å²) < 4.78 is 5.44. The third kappa shape index (κ3) is 6.29. The predicted octanol–water partition coefficient (Wildman–Crippen LogP) is 4.03. The van der Waals surface area contributed by atoms with Crippen LogP contribution in [0.15, 0.2) is 24.3 Å². The van der Waals surface area contributed by atoms with Crippen LogP contribution >= 0.6 is 12.2 Å². The molecule has 1 aliphatic rings. The minimum Gasteiger partial charge on any atom is -0.494 e. The topological polar surface area (TPSA) is 36.5 Å². The second-order valence-corrected chi connectivity index (χ2v) is 6.69. The molecule has 1 aromatic rings. The lowest BCUT2D eigenvalue weighted by Crippen LogP contribution is -2.40. The zero-order chi connectivity index (χ0) is 17.2. The van der Waals surface area contributed by atoms with Crippen LogP contribution in [-0.2, 0) is 0 Å². The minimum atomic E-state index is 0.683. The summed E-state index contributed by atoms with van der Waals surface area (Å²) in [5.74, 6) is 0.883. The molecule has 2 rings (SSSR count). The van der Waals surface area contributed by atoms with Crippen LogP contribution in [0.3, 0.4) is 0 Å². The number of rotatable bonds is 8. The van der Waals surface area contributed by atoms with Crippen molar-refractivity contribution in [1.29, 1.82) is 0 Å². The monoisotopic (exact) mass is 349 g/mol.